The Bertz CT molecular complexity index is 236. The van der Waals surface area contributed by atoms with Crippen molar-refractivity contribution in [2.45, 2.75) is 70.5 Å². The van der Waals surface area contributed by atoms with Crippen LogP contribution in [0, 0.1) is 0 Å². The molecule has 0 amide bonds. The summed E-state index contributed by atoms with van der Waals surface area (Å²) in [4.78, 5) is 5.44. The summed E-state index contributed by atoms with van der Waals surface area (Å²) in [6.45, 7) is 9.71. The minimum atomic E-state index is 0.460. The van der Waals surface area contributed by atoms with E-state index in [0.29, 0.717) is 6.04 Å². The van der Waals surface area contributed by atoms with E-state index in [1.54, 1.807) is 0 Å². The lowest BCUT2D eigenvalue weighted by molar-refractivity contribution is 0.141. The van der Waals surface area contributed by atoms with Crippen molar-refractivity contribution in [2.24, 2.45) is 5.73 Å². The minimum Gasteiger partial charge on any atom is -0.328 e. The molecular formula is C15H31N3. The van der Waals surface area contributed by atoms with Crippen LogP contribution >= 0.6 is 0 Å². The zero-order chi connectivity index (χ0) is 13.0. The number of nitrogens with zero attached hydrogens (tertiary/aromatic N) is 2. The van der Waals surface area contributed by atoms with Crippen LogP contribution in [0.25, 0.3) is 0 Å². The number of likely N-dealkylation sites (tertiary alicyclic amines) is 2. The Morgan fingerprint density at radius 3 is 2.44 bits per heavy atom. The highest BCUT2D eigenvalue weighted by molar-refractivity contribution is 4.89. The van der Waals surface area contributed by atoms with Gasteiger partial charge in [0, 0.05) is 31.2 Å². The first kappa shape index (κ1) is 14.3. The maximum absolute atomic E-state index is 6.00. The van der Waals surface area contributed by atoms with Crippen LogP contribution in [0.5, 0.6) is 0 Å². The molecule has 3 heteroatoms. The summed E-state index contributed by atoms with van der Waals surface area (Å²) in [5, 5.41) is 0. The highest BCUT2D eigenvalue weighted by Crippen LogP contribution is 2.23. The molecule has 0 bridgehead atoms. The van der Waals surface area contributed by atoms with Gasteiger partial charge in [0.15, 0.2) is 0 Å². The molecule has 2 fully saturated rings. The van der Waals surface area contributed by atoms with Crippen LogP contribution in [0.2, 0.25) is 0 Å². The van der Waals surface area contributed by atoms with Crippen LogP contribution < -0.4 is 5.73 Å². The van der Waals surface area contributed by atoms with E-state index < -0.39 is 0 Å². The molecule has 2 rings (SSSR count). The van der Waals surface area contributed by atoms with Gasteiger partial charge >= 0.3 is 0 Å². The van der Waals surface area contributed by atoms with Gasteiger partial charge in [-0.1, -0.05) is 20.3 Å². The summed E-state index contributed by atoms with van der Waals surface area (Å²) < 4.78 is 0. The number of piperidine rings is 1. The summed E-state index contributed by atoms with van der Waals surface area (Å²) in [6, 6.07) is 2.10. The molecule has 0 aliphatic carbocycles. The first-order valence-electron chi connectivity index (χ1n) is 7.98. The lowest BCUT2D eigenvalue weighted by atomic mass is 10.0. The summed E-state index contributed by atoms with van der Waals surface area (Å²) >= 11 is 0. The molecule has 0 radical (unpaired) electrons. The molecule has 2 aliphatic heterocycles. The molecule has 0 aromatic rings. The monoisotopic (exact) mass is 253 g/mol. The van der Waals surface area contributed by atoms with Crippen molar-refractivity contribution in [2.75, 3.05) is 26.2 Å². The number of nitrogens with two attached hydrogens (primary N) is 1. The highest BCUT2D eigenvalue weighted by Gasteiger charge is 2.31. The van der Waals surface area contributed by atoms with Crippen molar-refractivity contribution in [3.63, 3.8) is 0 Å². The van der Waals surface area contributed by atoms with Crippen LogP contribution in [-0.2, 0) is 0 Å². The summed E-state index contributed by atoms with van der Waals surface area (Å²) in [6.07, 6.45) is 7.76. The molecule has 3 nitrogen and oxygen atoms in total. The fraction of sp³-hybridized carbons (Fsp3) is 1.00. The maximum Gasteiger partial charge on any atom is 0.0235 e. The van der Waals surface area contributed by atoms with Crippen molar-refractivity contribution in [1.82, 2.24) is 9.80 Å². The molecule has 0 spiro atoms. The average Bonchev–Trinajstić information content (AvgIpc) is 2.86. The van der Waals surface area contributed by atoms with E-state index in [4.69, 9.17) is 5.73 Å². The lowest BCUT2D eigenvalue weighted by Gasteiger charge is -2.35. The Balaban J connectivity index is 1.80. The normalized spacial score (nSPS) is 29.8. The fourth-order valence-electron chi connectivity index (χ4n) is 3.66. The van der Waals surface area contributed by atoms with Crippen molar-refractivity contribution < 1.29 is 0 Å². The Labute approximate surface area is 113 Å². The van der Waals surface area contributed by atoms with Gasteiger partial charge in [-0.2, -0.15) is 0 Å². The topological polar surface area (TPSA) is 32.5 Å². The first-order valence-corrected chi connectivity index (χ1v) is 7.98. The molecule has 2 N–H and O–H groups in total. The van der Waals surface area contributed by atoms with E-state index in [-0.39, 0.29) is 0 Å². The number of rotatable bonds is 5. The van der Waals surface area contributed by atoms with Crippen molar-refractivity contribution in [1.29, 1.82) is 0 Å². The minimum absolute atomic E-state index is 0.460. The van der Waals surface area contributed by atoms with Gasteiger partial charge in [-0.25, -0.2) is 0 Å². The number of hydrogen-bond acceptors (Lipinski definition) is 3. The molecule has 0 aromatic heterocycles. The fourth-order valence-corrected chi connectivity index (χ4v) is 3.66. The van der Waals surface area contributed by atoms with Crippen molar-refractivity contribution in [3.8, 4) is 0 Å². The molecule has 2 aliphatic rings. The third kappa shape index (κ3) is 3.46. The summed E-state index contributed by atoms with van der Waals surface area (Å²) in [5.74, 6) is 0. The molecule has 2 atom stereocenters. The third-order valence-electron chi connectivity index (χ3n) is 4.89. The van der Waals surface area contributed by atoms with E-state index >= 15 is 0 Å². The van der Waals surface area contributed by atoms with E-state index in [9.17, 15) is 0 Å². The van der Waals surface area contributed by atoms with Crippen LogP contribution in [0.15, 0.2) is 0 Å². The van der Waals surface area contributed by atoms with E-state index in [1.165, 1.54) is 64.7 Å². The zero-order valence-electron chi connectivity index (χ0n) is 12.3. The second-order valence-electron chi connectivity index (χ2n) is 6.16. The summed E-state index contributed by atoms with van der Waals surface area (Å²) in [5.41, 5.74) is 6.00. The van der Waals surface area contributed by atoms with E-state index in [1.807, 2.05) is 0 Å². The molecule has 0 aromatic carbocycles. The Kier molecular flexibility index (Phi) is 5.46. The highest BCUT2D eigenvalue weighted by atomic mass is 15.3. The van der Waals surface area contributed by atoms with Gasteiger partial charge in [0.05, 0.1) is 0 Å². The predicted octanol–water partition coefficient (Wildman–Crippen LogP) is 2.06. The second-order valence-corrected chi connectivity index (χ2v) is 6.16. The SMILES string of the molecule is CCCC(CC)N1CCC(N2CCC(N)CC2)C1. The summed E-state index contributed by atoms with van der Waals surface area (Å²) in [7, 11) is 0. The molecule has 0 saturated carbocycles. The van der Waals surface area contributed by atoms with Crippen LogP contribution in [0.4, 0.5) is 0 Å². The molecule has 2 saturated heterocycles. The van der Waals surface area contributed by atoms with E-state index in [0.717, 1.165) is 12.1 Å². The first-order chi connectivity index (χ1) is 8.74. The molecule has 106 valence electrons. The molecule has 2 unspecified atom stereocenters. The maximum atomic E-state index is 6.00. The van der Waals surface area contributed by atoms with Gasteiger partial charge in [-0.05, 0) is 45.2 Å². The molecule has 2 heterocycles. The Morgan fingerprint density at radius 2 is 1.83 bits per heavy atom. The van der Waals surface area contributed by atoms with Crippen LogP contribution in [0.1, 0.15) is 52.4 Å². The Morgan fingerprint density at radius 1 is 1.11 bits per heavy atom. The smallest absolute Gasteiger partial charge is 0.0235 e. The lowest BCUT2D eigenvalue weighted by Crippen LogP contribution is -2.46. The molecular weight excluding hydrogens is 222 g/mol. The third-order valence-corrected chi connectivity index (χ3v) is 4.89. The average molecular weight is 253 g/mol. The standard InChI is InChI=1S/C15H31N3/c1-3-5-14(4-2)18-11-8-15(12-18)17-9-6-13(16)7-10-17/h13-15H,3-12,16H2,1-2H3. The van der Waals surface area contributed by atoms with Crippen molar-refractivity contribution >= 4 is 0 Å². The van der Waals surface area contributed by atoms with Crippen molar-refractivity contribution in [3.05, 3.63) is 0 Å². The van der Waals surface area contributed by atoms with Gasteiger partial charge in [0.25, 0.3) is 0 Å². The Hall–Kier alpha value is -0.120. The molecule has 18 heavy (non-hydrogen) atoms. The van der Waals surface area contributed by atoms with Gasteiger partial charge in [0.1, 0.15) is 0 Å². The van der Waals surface area contributed by atoms with Gasteiger partial charge in [-0.3, -0.25) is 9.80 Å². The quantitative estimate of drug-likeness (QED) is 0.814. The van der Waals surface area contributed by atoms with Crippen LogP contribution in [0.3, 0.4) is 0 Å². The second kappa shape index (κ2) is 6.88. The van der Waals surface area contributed by atoms with Gasteiger partial charge < -0.3 is 5.73 Å². The van der Waals surface area contributed by atoms with Crippen LogP contribution in [-0.4, -0.2) is 54.1 Å². The number of hydrogen-bond donors (Lipinski definition) is 1. The zero-order valence-corrected chi connectivity index (χ0v) is 12.3. The predicted molar refractivity (Wildman–Crippen MR) is 77.7 cm³/mol. The van der Waals surface area contributed by atoms with Gasteiger partial charge in [-0.15, -0.1) is 0 Å². The van der Waals surface area contributed by atoms with E-state index in [2.05, 4.69) is 23.6 Å². The van der Waals surface area contributed by atoms with Gasteiger partial charge in [0.2, 0.25) is 0 Å². The largest absolute Gasteiger partial charge is 0.328 e.